The van der Waals surface area contributed by atoms with E-state index in [1.165, 1.54) is 12.1 Å². The summed E-state index contributed by atoms with van der Waals surface area (Å²) in [5, 5.41) is 3.60. The van der Waals surface area contributed by atoms with Gasteiger partial charge in [-0.1, -0.05) is 35.9 Å². The predicted molar refractivity (Wildman–Crippen MR) is 93.9 cm³/mol. The van der Waals surface area contributed by atoms with Crippen LogP contribution in [-0.2, 0) is 6.54 Å². The monoisotopic (exact) mass is 347 g/mol. The standard InChI is InChI=1S/C18H19ClFN3O/c19-16-3-1-2-4-17(16)22-9-11-23(12-10-22)18(24)21-13-14-5-7-15(20)8-6-14/h1-8H,9-13H2,(H,21,24). The van der Waals surface area contributed by atoms with E-state index in [2.05, 4.69) is 10.2 Å². The van der Waals surface area contributed by atoms with Crippen LogP contribution >= 0.6 is 11.6 Å². The molecule has 2 aromatic carbocycles. The van der Waals surface area contributed by atoms with Crippen molar-refractivity contribution in [3.05, 3.63) is 64.9 Å². The second kappa shape index (κ2) is 7.53. The van der Waals surface area contributed by atoms with Gasteiger partial charge in [-0.05, 0) is 29.8 Å². The van der Waals surface area contributed by atoms with Crippen LogP contribution in [-0.4, -0.2) is 37.1 Å². The van der Waals surface area contributed by atoms with E-state index in [0.29, 0.717) is 19.6 Å². The van der Waals surface area contributed by atoms with Gasteiger partial charge < -0.3 is 15.1 Å². The lowest BCUT2D eigenvalue weighted by Crippen LogP contribution is -2.51. The van der Waals surface area contributed by atoms with Crippen molar-refractivity contribution < 1.29 is 9.18 Å². The Morgan fingerprint density at radius 2 is 1.71 bits per heavy atom. The van der Waals surface area contributed by atoms with Crippen molar-refractivity contribution >= 4 is 23.3 Å². The van der Waals surface area contributed by atoms with Gasteiger partial charge in [0.15, 0.2) is 0 Å². The zero-order valence-electron chi connectivity index (χ0n) is 13.2. The average Bonchev–Trinajstić information content (AvgIpc) is 2.61. The van der Waals surface area contributed by atoms with Gasteiger partial charge in [-0.2, -0.15) is 0 Å². The Kier molecular flexibility index (Phi) is 5.20. The maximum absolute atomic E-state index is 12.9. The minimum atomic E-state index is -0.277. The summed E-state index contributed by atoms with van der Waals surface area (Å²) in [5.74, 6) is -0.277. The molecule has 1 heterocycles. The van der Waals surface area contributed by atoms with E-state index in [4.69, 9.17) is 11.6 Å². The fourth-order valence-electron chi connectivity index (χ4n) is 2.75. The summed E-state index contributed by atoms with van der Waals surface area (Å²) in [6.07, 6.45) is 0. The second-order valence-electron chi connectivity index (χ2n) is 5.71. The van der Waals surface area contributed by atoms with Crippen molar-refractivity contribution in [1.82, 2.24) is 10.2 Å². The lowest BCUT2D eigenvalue weighted by molar-refractivity contribution is 0.194. The molecule has 1 aliphatic rings. The van der Waals surface area contributed by atoms with Crippen molar-refractivity contribution in [2.45, 2.75) is 6.54 Å². The Balaban J connectivity index is 1.50. The lowest BCUT2D eigenvalue weighted by atomic mass is 10.2. The minimum absolute atomic E-state index is 0.0990. The van der Waals surface area contributed by atoms with Gasteiger partial charge in [0, 0.05) is 32.7 Å². The van der Waals surface area contributed by atoms with E-state index in [-0.39, 0.29) is 11.8 Å². The number of piperazine rings is 1. The SMILES string of the molecule is O=C(NCc1ccc(F)cc1)N1CCN(c2ccccc2Cl)CC1. The number of hydrogen-bond donors (Lipinski definition) is 1. The number of carbonyl (C=O) groups is 1. The highest BCUT2D eigenvalue weighted by molar-refractivity contribution is 6.33. The number of nitrogens with zero attached hydrogens (tertiary/aromatic N) is 2. The Morgan fingerprint density at radius 1 is 1.04 bits per heavy atom. The second-order valence-corrected chi connectivity index (χ2v) is 6.12. The van der Waals surface area contributed by atoms with Crippen LogP contribution in [0.15, 0.2) is 48.5 Å². The smallest absolute Gasteiger partial charge is 0.317 e. The molecule has 1 saturated heterocycles. The fraction of sp³-hybridized carbons (Fsp3) is 0.278. The lowest BCUT2D eigenvalue weighted by Gasteiger charge is -2.36. The number of para-hydroxylation sites is 1. The maximum Gasteiger partial charge on any atom is 0.317 e. The number of benzene rings is 2. The molecule has 0 aromatic heterocycles. The summed E-state index contributed by atoms with van der Waals surface area (Å²) in [5.41, 5.74) is 1.88. The van der Waals surface area contributed by atoms with Gasteiger partial charge >= 0.3 is 6.03 Å². The van der Waals surface area contributed by atoms with Crippen LogP contribution in [0.3, 0.4) is 0 Å². The van der Waals surface area contributed by atoms with Crippen LogP contribution in [0.25, 0.3) is 0 Å². The molecule has 1 N–H and O–H groups in total. The van der Waals surface area contributed by atoms with Crippen molar-refractivity contribution in [3.8, 4) is 0 Å². The minimum Gasteiger partial charge on any atom is -0.367 e. The molecule has 0 atom stereocenters. The Bertz CT molecular complexity index is 700. The quantitative estimate of drug-likeness (QED) is 0.922. The molecule has 1 aliphatic heterocycles. The third-order valence-corrected chi connectivity index (χ3v) is 4.44. The number of carbonyl (C=O) groups excluding carboxylic acids is 1. The Hall–Kier alpha value is -2.27. The van der Waals surface area contributed by atoms with E-state index >= 15 is 0 Å². The molecule has 1 fully saturated rings. The highest BCUT2D eigenvalue weighted by Gasteiger charge is 2.22. The molecule has 0 saturated carbocycles. The number of urea groups is 1. The molecule has 0 bridgehead atoms. The maximum atomic E-state index is 12.9. The molecule has 0 spiro atoms. The van der Waals surface area contributed by atoms with Crippen LogP contribution in [0.4, 0.5) is 14.9 Å². The zero-order valence-corrected chi connectivity index (χ0v) is 14.0. The molecule has 0 unspecified atom stereocenters. The molecule has 3 rings (SSSR count). The summed E-state index contributed by atoms with van der Waals surface area (Å²) in [6, 6.07) is 13.8. The fourth-order valence-corrected chi connectivity index (χ4v) is 3.01. The van der Waals surface area contributed by atoms with Gasteiger partial charge in [-0.3, -0.25) is 0 Å². The van der Waals surface area contributed by atoms with E-state index in [1.807, 2.05) is 24.3 Å². The molecule has 24 heavy (non-hydrogen) atoms. The number of hydrogen-bond acceptors (Lipinski definition) is 2. The highest BCUT2D eigenvalue weighted by Crippen LogP contribution is 2.25. The van der Waals surface area contributed by atoms with E-state index < -0.39 is 0 Å². The first-order valence-electron chi connectivity index (χ1n) is 7.90. The van der Waals surface area contributed by atoms with Crippen LogP contribution in [0.5, 0.6) is 0 Å². The average molecular weight is 348 g/mol. The van der Waals surface area contributed by atoms with Crippen LogP contribution < -0.4 is 10.2 Å². The summed E-state index contributed by atoms with van der Waals surface area (Å²) in [6.45, 7) is 3.16. The van der Waals surface area contributed by atoms with Gasteiger partial charge in [-0.15, -0.1) is 0 Å². The Labute approximate surface area is 145 Å². The van der Waals surface area contributed by atoms with E-state index in [1.54, 1.807) is 17.0 Å². The molecular formula is C18H19ClFN3O. The normalized spacial score (nSPS) is 14.6. The number of nitrogens with one attached hydrogen (secondary N) is 1. The third kappa shape index (κ3) is 3.97. The topological polar surface area (TPSA) is 35.6 Å². The number of halogens is 2. The number of anilines is 1. The van der Waals surface area contributed by atoms with Gasteiger partial charge in [-0.25, -0.2) is 9.18 Å². The molecule has 6 heteroatoms. The van der Waals surface area contributed by atoms with Gasteiger partial charge in [0.05, 0.1) is 10.7 Å². The van der Waals surface area contributed by atoms with Gasteiger partial charge in [0.2, 0.25) is 0 Å². The third-order valence-electron chi connectivity index (χ3n) is 4.12. The first kappa shape index (κ1) is 16.6. The molecule has 2 aromatic rings. The largest absolute Gasteiger partial charge is 0.367 e. The summed E-state index contributed by atoms with van der Waals surface area (Å²) in [4.78, 5) is 16.2. The predicted octanol–water partition coefficient (Wildman–Crippen LogP) is 3.51. The van der Waals surface area contributed by atoms with Crippen molar-refractivity contribution in [3.63, 3.8) is 0 Å². The van der Waals surface area contributed by atoms with Crippen LogP contribution in [0.2, 0.25) is 5.02 Å². The van der Waals surface area contributed by atoms with Crippen LogP contribution in [0.1, 0.15) is 5.56 Å². The first-order valence-corrected chi connectivity index (χ1v) is 8.28. The number of amides is 2. The van der Waals surface area contributed by atoms with Gasteiger partial charge in [0.25, 0.3) is 0 Å². The van der Waals surface area contributed by atoms with Crippen LogP contribution in [0, 0.1) is 5.82 Å². The highest BCUT2D eigenvalue weighted by atomic mass is 35.5. The molecule has 4 nitrogen and oxygen atoms in total. The van der Waals surface area contributed by atoms with Gasteiger partial charge in [0.1, 0.15) is 5.82 Å². The zero-order chi connectivity index (χ0) is 16.9. The first-order chi connectivity index (χ1) is 11.6. The van der Waals surface area contributed by atoms with Crippen molar-refractivity contribution in [2.24, 2.45) is 0 Å². The summed E-state index contributed by atoms with van der Waals surface area (Å²) >= 11 is 6.22. The molecule has 0 radical (unpaired) electrons. The molecule has 0 aliphatic carbocycles. The van der Waals surface area contributed by atoms with E-state index in [9.17, 15) is 9.18 Å². The Morgan fingerprint density at radius 3 is 2.38 bits per heavy atom. The van der Waals surface area contributed by atoms with Crippen molar-refractivity contribution in [2.75, 3.05) is 31.1 Å². The summed E-state index contributed by atoms with van der Waals surface area (Å²) in [7, 11) is 0. The summed E-state index contributed by atoms with van der Waals surface area (Å²) < 4.78 is 12.9. The van der Waals surface area contributed by atoms with Crippen molar-refractivity contribution in [1.29, 1.82) is 0 Å². The number of rotatable bonds is 3. The molecule has 2 amide bonds. The molecular weight excluding hydrogens is 329 g/mol. The van der Waals surface area contributed by atoms with E-state index in [0.717, 1.165) is 29.4 Å². The molecule has 126 valence electrons.